The van der Waals surface area contributed by atoms with Crippen molar-refractivity contribution in [2.24, 2.45) is 0 Å². The van der Waals surface area contributed by atoms with Crippen LogP contribution in [0.3, 0.4) is 0 Å². The number of hydrogen-bond donors (Lipinski definition) is 1. The Morgan fingerprint density at radius 2 is 1.91 bits per heavy atom. The molecule has 0 atom stereocenters. The van der Waals surface area contributed by atoms with E-state index in [2.05, 4.69) is 4.98 Å². The first-order valence-corrected chi connectivity index (χ1v) is 7.52. The topological polar surface area (TPSA) is 59.2 Å². The summed E-state index contributed by atoms with van der Waals surface area (Å²) in [5, 5.41) is 1.06. The molecule has 0 radical (unpaired) electrons. The Kier molecular flexibility index (Phi) is 5.27. The van der Waals surface area contributed by atoms with Crippen LogP contribution in [0.1, 0.15) is 34.2 Å². The molecule has 6 heteroatoms. The maximum atomic E-state index is 12.2. The second-order valence-corrected chi connectivity index (χ2v) is 5.57. The van der Waals surface area contributed by atoms with E-state index in [1.807, 2.05) is 0 Å². The van der Waals surface area contributed by atoms with Gasteiger partial charge in [0, 0.05) is 33.9 Å². The van der Waals surface area contributed by atoms with E-state index in [1.54, 1.807) is 32.0 Å². The number of carbonyl (C=O) groups excluding carboxylic acids is 1. The number of ether oxygens (including phenoxy) is 1. The fraction of sp³-hybridized carbons (Fsp3) is 0.250. The van der Waals surface area contributed by atoms with Gasteiger partial charge in [0.2, 0.25) is 0 Å². The molecule has 0 amide bonds. The van der Waals surface area contributed by atoms with Gasteiger partial charge in [-0.1, -0.05) is 29.3 Å². The van der Waals surface area contributed by atoms with E-state index in [4.69, 9.17) is 27.9 Å². The number of aromatic amines is 1. The summed E-state index contributed by atoms with van der Waals surface area (Å²) in [5.41, 5.74) is 1.46. The van der Waals surface area contributed by atoms with Crippen molar-refractivity contribution in [2.75, 3.05) is 6.61 Å². The van der Waals surface area contributed by atoms with Crippen molar-refractivity contribution in [3.05, 3.63) is 67.0 Å². The highest BCUT2D eigenvalue weighted by molar-refractivity contribution is 6.36. The molecule has 1 heterocycles. The van der Waals surface area contributed by atoms with Crippen LogP contribution >= 0.6 is 23.2 Å². The van der Waals surface area contributed by atoms with Gasteiger partial charge in [-0.05, 0) is 31.5 Å². The molecule has 2 aromatic rings. The zero-order valence-electron chi connectivity index (χ0n) is 12.2. The summed E-state index contributed by atoms with van der Waals surface area (Å²) >= 11 is 12.3. The molecule has 1 aromatic carbocycles. The molecule has 0 spiro atoms. The molecular weight excluding hydrogens is 325 g/mol. The molecule has 4 nitrogen and oxygen atoms in total. The van der Waals surface area contributed by atoms with Crippen LogP contribution in [-0.4, -0.2) is 17.6 Å². The fourth-order valence-electron chi connectivity index (χ4n) is 2.20. The maximum Gasteiger partial charge on any atom is 0.343 e. The maximum absolute atomic E-state index is 12.2. The van der Waals surface area contributed by atoms with Crippen molar-refractivity contribution in [1.29, 1.82) is 0 Å². The van der Waals surface area contributed by atoms with Gasteiger partial charge in [0.25, 0.3) is 0 Å². The molecular formula is C16H15Cl2NO3. The average Bonchev–Trinajstić information content (AvgIpc) is 2.42. The normalized spacial score (nSPS) is 10.5. The smallest absolute Gasteiger partial charge is 0.343 e. The summed E-state index contributed by atoms with van der Waals surface area (Å²) in [7, 11) is 0. The fourth-order valence-corrected chi connectivity index (χ4v) is 2.73. The van der Waals surface area contributed by atoms with Crippen molar-refractivity contribution >= 4 is 29.2 Å². The predicted octanol–water partition coefficient (Wildman–Crippen LogP) is 3.76. The summed E-state index contributed by atoms with van der Waals surface area (Å²) in [6.07, 6.45) is 0.373. The standard InChI is InChI=1S/C16H15Cl2NO3/c1-3-22-16(21)15-9(2)19-10(8-14(15)20)7-11-12(17)5-4-6-13(11)18/h4-6,8H,3,7H2,1-2H3,(H,19,20). The third kappa shape index (κ3) is 3.51. The number of rotatable bonds is 4. The van der Waals surface area contributed by atoms with E-state index in [-0.39, 0.29) is 17.6 Å². The lowest BCUT2D eigenvalue weighted by Gasteiger charge is -2.10. The largest absolute Gasteiger partial charge is 0.462 e. The van der Waals surface area contributed by atoms with Gasteiger partial charge in [0.1, 0.15) is 5.56 Å². The molecule has 0 aliphatic rings. The van der Waals surface area contributed by atoms with E-state index >= 15 is 0 Å². The molecule has 0 saturated carbocycles. The highest BCUT2D eigenvalue weighted by atomic mass is 35.5. The van der Waals surface area contributed by atoms with Crippen molar-refractivity contribution in [3.8, 4) is 0 Å². The number of halogens is 2. The molecule has 0 bridgehead atoms. The Labute approximate surface area is 138 Å². The number of hydrogen-bond acceptors (Lipinski definition) is 3. The summed E-state index contributed by atoms with van der Waals surface area (Å²) in [4.78, 5) is 27.0. The minimum Gasteiger partial charge on any atom is -0.462 e. The zero-order chi connectivity index (χ0) is 16.3. The van der Waals surface area contributed by atoms with Crippen molar-refractivity contribution in [3.63, 3.8) is 0 Å². The monoisotopic (exact) mass is 339 g/mol. The first-order valence-electron chi connectivity index (χ1n) is 6.76. The number of H-pyrrole nitrogens is 1. The molecule has 1 N–H and O–H groups in total. The number of aromatic nitrogens is 1. The SMILES string of the molecule is CCOC(=O)c1c(C)[nH]c(Cc2c(Cl)cccc2Cl)cc1=O. The summed E-state index contributed by atoms with van der Waals surface area (Å²) in [5.74, 6) is -0.622. The molecule has 22 heavy (non-hydrogen) atoms. The average molecular weight is 340 g/mol. The van der Waals surface area contributed by atoms with Gasteiger partial charge in [-0.3, -0.25) is 4.79 Å². The minimum atomic E-state index is -0.622. The first kappa shape index (κ1) is 16.6. The summed E-state index contributed by atoms with van der Waals surface area (Å²) in [6, 6.07) is 6.60. The van der Waals surface area contributed by atoms with Gasteiger partial charge < -0.3 is 9.72 Å². The zero-order valence-corrected chi connectivity index (χ0v) is 13.7. The van der Waals surface area contributed by atoms with Crippen molar-refractivity contribution < 1.29 is 9.53 Å². The minimum absolute atomic E-state index is 0.0239. The third-order valence-electron chi connectivity index (χ3n) is 3.18. The van der Waals surface area contributed by atoms with Crippen molar-refractivity contribution in [1.82, 2.24) is 4.98 Å². The molecule has 0 saturated heterocycles. The van der Waals surface area contributed by atoms with Crippen LogP contribution < -0.4 is 5.43 Å². The van der Waals surface area contributed by atoms with E-state index in [1.165, 1.54) is 6.07 Å². The third-order valence-corrected chi connectivity index (χ3v) is 3.89. The summed E-state index contributed by atoms with van der Waals surface area (Å²) < 4.78 is 4.88. The van der Waals surface area contributed by atoms with Crippen LogP contribution in [0.25, 0.3) is 0 Å². The Balaban J connectivity index is 2.39. The second kappa shape index (κ2) is 6.99. The molecule has 0 unspecified atom stereocenters. The van der Waals surface area contributed by atoms with Crippen molar-refractivity contribution in [2.45, 2.75) is 20.3 Å². The van der Waals surface area contributed by atoms with E-state index in [0.717, 1.165) is 5.56 Å². The lowest BCUT2D eigenvalue weighted by molar-refractivity contribution is 0.0523. The molecule has 116 valence electrons. The van der Waals surface area contributed by atoms with Crippen LogP contribution in [0.4, 0.5) is 0 Å². The number of aryl methyl sites for hydroxylation is 1. The molecule has 0 aliphatic heterocycles. The number of benzene rings is 1. The molecule has 0 aliphatic carbocycles. The Morgan fingerprint density at radius 3 is 2.45 bits per heavy atom. The number of carbonyl (C=O) groups is 1. The second-order valence-electron chi connectivity index (χ2n) is 4.76. The summed E-state index contributed by atoms with van der Waals surface area (Å²) in [6.45, 7) is 3.56. The van der Waals surface area contributed by atoms with Gasteiger partial charge in [-0.15, -0.1) is 0 Å². The van der Waals surface area contributed by atoms with Gasteiger partial charge >= 0.3 is 5.97 Å². The van der Waals surface area contributed by atoms with E-state index < -0.39 is 5.97 Å². The van der Waals surface area contributed by atoms with E-state index in [0.29, 0.717) is 27.9 Å². The number of esters is 1. The van der Waals surface area contributed by atoms with Gasteiger partial charge in [-0.25, -0.2) is 4.79 Å². The van der Waals surface area contributed by atoms with Crippen LogP contribution in [0.15, 0.2) is 29.1 Å². The predicted molar refractivity (Wildman–Crippen MR) is 87.0 cm³/mol. The number of pyridine rings is 1. The highest BCUT2D eigenvalue weighted by Gasteiger charge is 2.17. The van der Waals surface area contributed by atoms with Gasteiger partial charge in [0.15, 0.2) is 5.43 Å². The molecule has 1 aromatic heterocycles. The van der Waals surface area contributed by atoms with Gasteiger partial charge in [-0.2, -0.15) is 0 Å². The van der Waals surface area contributed by atoms with Crippen LogP contribution in [0.5, 0.6) is 0 Å². The lowest BCUT2D eigenvalue weighted by Crippen LogP contribution is -2.21. The Morgan fingerprint density at radius 1 is 1.27 bits per heavy atom. The highest BCUT2D eigenvalue weighted by Crippen LogP contribution is 2.26. The first-order chi connectivity index (χ1) is 10.4. The van der Waals surface area contributed by atoms with Crippen LogP contribution in [-0.2, 0) is 11.2 Å². The van der Waals surface area contributed by atoms with E-state index in [9.17, 15) is 9.59 Å². The molecule has 0 fully saturated rings. The molecule has 2 rings (SSSR count). The Hall–Kier alpha value is -1.78. The number of nitrogens with one attached hydrogen (secondary N) is 1. The van der Waals surface area contributed by atoms with Gasteiger partial charge in [0.05, 0.1) is 6.61 Å². The lowest BCUT2D eigenvalue weighted by atomic mass is 10.1. The quantitative estimate of drug-likeness (QED) is 0.862. The van der Waals surface area contributed by atoms with Crippen LogP contribution in [0, 0.1) is 6.92 Å². The Bertz CT molecular complexity index is 748. The van der Waals surface area contributed by atoms with Crippen LogP contribution in [0.2, 0.25) is 10.0 Å².